The number of carbonyl (C=O) groups is 2. The van der Waals surface area contributed by atoms with Gasteiger partial charge in [0.05, 0.1) is 40.5 Å². The number of allylic oxidation sites excluding steroid dienone is 2. The van der Waals surface area contributed by atoms with Crippen molar-refractivity contribution in [1.29, 1.82) is 0 Å². The summed E-state index contributed by atoms with van der Waals surface area (Å²) in [6.45, 7) is 4.46. The number of hydrogen-bond acceptors (Lipinski definition) is 10. The molecular weight excluding hydrogens is 492 g/mol. The van der Waals surface area contributed by atoms with Crippen LogP contribution in [0.2, 0.25) is 0 Å². The van der Waals surface area contributed by atoms with Crippen LogP contribution in [-0.4, -0.2) is 60.0 Å². The number of benzene rings is 2. The second kappa shape index (κ2) is 13.2. The maximum atomic E-state index is 13.4. The molecule has 1 aliphatic rings. The lowest BCUT2D eigenvalue weighted by atomic mass is 9.80. The Bertz CT molecular complexity index is 1270. The zero-order chi connectivity index (χ0) is 27.7. The number of oxime groups is 1. The fourth-order valence-corrected chi connectivity index (χ4v) is 4.22. The van der Waals surface area contributed by atoms with Crippen LogP contribution in [-0.2, 0) is 25.6 Å². The van der Waals surface area contributed by atoms with Crippen LogP contribution in [0, 0.1) is 10.1 Å². The molecule has 38 heavy (non-hydrogen) atoms. The molecule has 0 aromatic heterocycles. The number of non-ortho nitro benzene ring substituents is 1. The number of nitro benzene ring substituents is 1. The topological polar surface area (TPSA) is 144 Å². The third-order valence-corrected chi connectivity index (χ3v) is 5.91. The average Bonchev–Trinajstić information content (AvgIpc) is 2.89. The number of likely N-dealkylation sites (N-methyl/N-ethyl adjacent to an activating group) is 1. The Morgan fingerprint density at radius 1 is 1.13 bits per heavy atom. The monoisotopic (exact) mass is 522 g/mol. The van der Waals surface area contributed by atoms with E-state index in [1.54, 1.807) is 19.9 Å². The molecule has 2 aromatic rings. The van der Waals surface area contributed by atoms with E-state index in [4.69, 9.17) is 9.47 Å². The number of esters is 2. The highest BCUT2D eigenvalue weighted by Crippen LogP contribution is 2.40. The van der Waals surface area contributed by atoms with Crippen LogP contribution in [0.5, 0.6) is 0 Å². The lowest BCUT2D eigenvalue weighted by molar-refractivity contribution is -0.384. The number of nitro groups is 1. The lowest BCUT2D eigenvalue weighted by Crippen LogP contribution is -2.34. The number of carbonyl (C=O) groups excluding carboxylic acids is 2. The van der Waals surface area contributed by atoms with Crippen molar-refractivity contribution >= 4 is 23.8 Å². The van der Waals surface area contributed by atoms with Gasteiger partial charge in [-0.1, -0.05) is 47.6 Å². The van der Waals surface area contributed by atoms with Crippen LogP contribution in [0.15, 0.2) is 82.3 Å². The molecule has 1 atom stereocenters. The van der Waals surface area contributed by atoms with Crippen LogP contribution < -0.4 is 5.32 Å². The third kappa shape index (κ3) is 6.83. The van der Waals surface area contributed by atoms with E-state index in [1.165, 1.54) is 18.2 Å². The molecule has 1 unspecified atom stereocenters. The van der Waals surface area contributed by atoms with Crippen LogP contribution in [0.1, 0.15) is 30.9 Å². The number of hydrogen-bond donors (Lipinski definition) is 2. The second-order valence-electron chi connectivity index (χ2n) is 8.60. The van der Waals surface area contributed by atoms with E-state index in [-0.39, 0.29) is 35.7 Å². The first kappa shape index (κ1) is 28.1. The Morgan fingerprint density at radius 3 is 2.50 bits per heavy atom. The first-order valence-corrected chi connectivity index (χ1v) is 12.0. The van der Waals surface area contributed by atoms with Crippen molar-refractivity contribution in [2.24, 2.45) is 5.16 Å². The Labute approximate surface area is 220 Å². The number of rotatable bonds is 11. The minimum Gasteiger partial charge on any atom is -0.463 e. The summed E-state index contributed by atoms with van der Waals surface area (Å²) in [5, 5.41) is 26.6. The summed E-state index contributed by atoms with van der Waals surface area (Å²) in [5.74, 6) is -2.54. The fourth-order valence-electron chi connectivity index (χ4n) is 4.22. The Morgan fingerprint density at radius 2 is 1.84 bits per heavy atom. The van der Waals surface area contributed by atoms with Crippen molar-refractivity contribution in [3.63, 3.8) is 0 Å². The van der Waals surface area contributed by atoms with Gasteiger partial charge in [0.15, 0.2) is 0 Å². The number of nitrogens with zero attached hydrogens (tertiary/aromatic N) is 3. The summed E-state index contributed by atoms with van der Waals surface area (Å²) in [6.07, 6.45) is 1.01. The molecule has 2 N–H and O–H groups in total. The molecule has 0 saturated heterocycles. The minimum atomic E-state index is -1.07. The lowest BCUT2D eigenvalue weighted by Gasteiger charge is -2.30. The molecule has 0 bridgehead atoms. The summed E-state index contributed by atoms with van der Waals surface area (Å²) in [6, 6.07) is 15.5. The SMILES string of the molecule is CCOC(=O)C1=C(C=NO)NC(C)=C(C(=O)OCCN(C)Cc2ccccc2)C1c1cccc([N+](=O)[O-])c1. The van der Waals surface area contributed by atoms with E-state index in [0.717, 1.165) is 11.8 Å². The minimum absolute atomic E-state index is 0.0381. The molecule has 0 saturated carbocycles. The molecule has 200 valence electrons. The quantitative estimate of drug-likeness (QED) is 0.149. The van der Waals surface area contributed by atoms with Gasteiger partial charge in [-0.3, -0.25) is 15.0 Å². The summed E-state index contributed by atoms with van der Waals surface area (Å²) in [7, 11) is 1.90. The summed E-state index contributed by atoms with van der Waals surface area (Å²) >= 11 is 0. The Balaban J connectivity index is 1.93. The fraction of sp³-hybridized carbons (Fsp3) is 0.296. The van der Waals surface area contributed by atoms with Crippen LogP contribution in [0.3, 0.4) is 0 Å². The molecule has 0 fully saturated rings. The van der Waals surface area contributed by atoms with Gasteiger partial charge in [-0.25, -0.2) is 9.59 Å². The van der Waals surface area contributed by atoms with Gasteiger partial charge < -0.3 is 20.0 Å². The number of ether oxygens (including phenoxy) is 2. The smallest absolute Gasteiger partial charge is 0.337 e. The first-order valence-electron chi connectivity index (χ1n) is 12.0. The van der Waals surface area contributed by atoms with E-state index in [0.29, 0.717) is 24.4 Å². The van der Waals surface area contributed by atoms with Crippen LogP contribution in [0.4, 0.5) is 5.69 Å². The molecule has 1 heterocycles. The Hall–Kier alpha value is -4.51. The van der Waals surface area contributed by atoms with Crippen LogP contribution in [0.25, 0.3) is 0 Å². The van der Waals surface area contributed by atoms with Crippen molar-refractivity contribution in [2.45, 2.75) is 26.3 Å². The maximum Gasteiger partial charge on any atom is 0.337 e. The second-order valence-corrected chi connectivity index (χ2v) is 8.60. The van der Waals surface area contributed by atoms with Crippen molar-refractivity contribution in [1.82, 2.24) is 10.2 Å². The van der Waals surface area contributed by atoms with Gasteiger partial charge in [0.25, 0.3) is 5.69 Å². The molecule has 11 heteroatoms. The van der Waals surface area contributed by atoms with Crippen molar-refractivity contribution in [3.05, 3.63) is 98.4 Å². The van der Waals surface area contributed by atoms with E-state index >= 15 is 0 Å². The first-order chi connectivity index (χ1) is 18.3. The van der Waals surface area contributed by atoms with Gasteiger partial charge in [-0.05, 0) is 32.0 Å². The van der Waals surface area contributed by atoms with Gasteiger partial charge in [0.2, 0.25) is 0 Å². The summed E-state index contributed by atoms with van der Waals surface area (Å²) < 4.78 is 10.8. The zero-order valence-electron chi connectivity index (χ0n) is 21.4. The number of nitrogens with one attached hydrogen (secondary N) is 1. The zero-order valence-corrected chi connectivity index (χ0v) is 21.4. The third-order valence-electron chi connectivity index (χ3n) is 5.91. The van der Waals surface area contributed by atoms with Gasteiger partial charge >= 0.3 is 11.9 Å². The van der Waals surface area contributed by atoms with E-state index < -0.39 is 22.8 Å². The normalized spacial score (nSPS) is 15.5. The van der Waals surface area contributed by atoms with Gasteiger partial charge in [-0.2, -0.15) is 0 Å². The average molecular weight is 523 g/mol. The van der Waals surface area contributed by atoms with E-state index in [2.05, 4.69) is 10.5 Å². The Kier molecular flexibility index (Phi) is 9.72. The highest BCUT2D eigenvalue weighted by Gasteiger charge is 2.39. The molecule has 1 aliphatic heterocycles. The van der Waals surface area contributed by atoms with Crippen LogP contribution >= 0.6 is 0 Å². The summed E-state index contributed by atoms with van der Waals surface area (Å²) in [4.78, 5) is 39.4. The van der Waals surface area contributed by atoms with Crippen molar-refractivity contribution in [2.75, 3.05) is 26.8 Å². The highest BCUT2D eigenvalue weighted by atomic mass is 16.6. The maximum absolute atomic E-state index is 13.4. The number of dihydropyridines is 1. The van der Waals surface area contributed by atoms with Gasteiger partial charge in [0.1, 0.15) is 6.61 Å². The van der Waals surface area contributed by atoms with E-state index in [9.17, 15) is 24.9 Å². The van der Waals surface area contributed by atoms with Crippen molar-refractivity contribution in [3.8, 4) is 0 Å². The predicted octanol–water partition coefficient (Wildman–Crippen LogP) is 3.51. The molecule has 0 amide bonds. The highest BCUT2D eigenvalue weighted by molar-refractivity contribution is 6.04. The largest absolute Gasteiger partial charge is 0.463 e. The summed E-state index contributed by atoms with van der Waals surface area (Å²) in [5.41, 5.74) is 1.70. The molecule has 2 aromatic carbocycles. The predicted molar refractivity (Wildman–Crippen MR) is 139 cm³/mol. The van der Waals surface area contributed by atoms with Gasteiger partial charge in [0, 0.05) is 30.9 Å². The molecule has 3 rings (SSSR count). The molecular formula is C27H30N4O7. The molecule has 0 radical (unpaired) electrons. The molecule has 11 nitrogen and oxygen atoms in total. The van der Waals surface area contributed by atoms with Crippen molar-refractivity contribution < 1.29 is 29.2 Å². The molecule has 0 aliphatic carbocycles. The molecule has 0 spiro atoms. The van der Waals surface area contributed by atoms with E-state index in [1.807, 2.05) is 42.3 Å². The van der Waals surface area contributed by atoms with Gasteiger partial charge in [-0.15, -0.1) is 0 Å². The standard InChI is InChI=1S/C27H30N4O7/c1-4-37-27(33)25-22(16-28-34)29-18(2)23(24(25)20-11-8-12-21(15-20)31(35)36)26(32)38-14-13-30(3)17-19-9-6-5-7-10-19/h5-12,15-16,24,29,34H,4,13-14,17H2,1-3H3.